The van der Waals surface area contributed by atoms with Gasteiger partial charge in [0, 0.05) is 0 Å². The first kappa shape index (κ1) is 23.9. The maximum Gasteiger partial charge on any atom is 0.322 e. The van der Waals surface area contributed by atoms with Gasteiger partial charge in [0.2, 0.25) is 23.6 Å². The zero-order valence-corrected chi connectivity index (χ0v) is 14.1. The van der Waals surface area contributed by atoms with Crippen LogP contribution in [0.4, 0.5) is 0 Å². The van der Waals surface area contributed by atoms with Crippen LogP contribution in [0.3, 0.4) is 0 Å². The molecule has 0 saturated carbocycles. The highest BCUT2D eigenvalue weighted by Crippen LogP contribution is 1.87. The average molecular weight is 368 g/mol. The van der Waals surface area contributed by atoms with Crippen molar-refractivity contribution >= 4 is 42.0 Å². The van der Waals surface area contributed by atoms with Crippen molar-refractivity contribution in [2.75, 3.05) is 19.6 Å². The molecule has 0 aromatic carbocycles. The standard InChI is InChI=1S/C12H21N5O6.ClH/c1-6(17-12(23)7(2)16-8(18)3-13)11(22)15-4-9(19)14-5-10(20)21;/h6-7H,3-5,13H2,1-2H3,(H,14,19)(H,15,22)(H,16,18)(H,17,23)(H,20,21);1H/t6-,7+;/m1./s1. The number of hydrogen-bond acceptors (Lipinski definition) is 6. The van der Waals surface area contributed by atoms with Crippen molar-refractivity contribution in [2.45, 2.75) is 25.9 Å². The number of carbonyl (C=O) groups is 5. The second-order valence-corrected chi connectivity index (χ2v) is 4.61. The molecule has 0 saturated heterocycles. The molecule has 0 aromatic rings. The van der Waals surface area contributed by atoms with E-state index in [1.165, 1.54) is 13.8 Å². The summed E-state index contributed by atoms with van der Waals surface area (Å²) in [6.45, 7) is 1.57. The van der Waals surface area contributed by atoms with Gasteiger partial charge in [0.05, 0.1) is 13.1 Å². The number of hydrogen-bond donors (Lipinski definition) is 6. The molecule has 0 radical (unpaired) electrons. The van der Waals surface area contributed by atoms with Crippen LogP contribution in [-0.2, 0) is 24.0 Å². The predicted molar refractivity (Wildman–Crippen MR) is 85.2 cm³/mol. The number of nitrogens with two attached hydrogens (primary N) is 1. The molecule has 0 heterocycles. The Kier molecular flexibility index (Phi) is 12.0. The van der Waals surface area contributed by atoms with Crippen LogP contribution in [0.5, 0.6) is 0 Å². The van der Waals surface area contributed by atoms with Gasteiger partial charge in [-0.1, -0.05) is 0 Å². The Morgan fingerprint density at radius 3 is 1.92 bits per heavy atom. The Balaban J connectivity index is 0. The summed E-state index contributed by atoms with van der Waals surface area (Å²) in [6, 6.07) is -1.83. The molecule has 0 bridgehead atoms. The first-order valence-corrected chi connectivity index (χ1v) is 6.73. The van der Waals surface area contributed by atoms with Crippen LogP contribution in [0.1, 0.15) is 13.8 Å². The molecule has 0 aromatic heterocycles. The van der Waals surface area contributed by atoms with E-state index in [-0.39, 0.29) is 19.0 Å². The van der Waals surface area contributed by atoms with Gasteiger partial charge in [0.1, 0.15) is 18.6 Å². The quantitative estimate of drug-likeness (QED) is 0.247. The van der Waals surface area contributed by atoms with Gasteiger partial charge in [0.15, 0.2) is 0 Å². The number of aliphatic carboxylic acids is 1. The van der Waals surface area contributed by atoms with Crippen molar-refractivity contribution in [1.29, 1.82) is 0 Å². The van der Waals surface area contributed by atoms with Crippen LogP contribution in [0.2, 0.25) is 0 Å². The van der Waals surface area contributed by atoms with Gasteiger partial charge in [-0.05, 0) is 13.8 Å². The van der Waals surface area contributed by atoms with Crippen LogP contribution in [0.15, 0.2) is 0 Å². The monoisotopic (exact) mass is 367 g/mol. The van der Waals surface area contributed by atoms with Gasteiger partial charge in [0.25, 0.3) is 0 Å². The van der Waals surface area contributed by atoms with Crippen molar-refractivity contribution in [1.82, 2.24) is 21.3 Å². The lowest BCUT2D eigenvalue weighted by Crippen LogP contribution is -2.53. The largest absolute Gasteiger partial charge is 0.480 e. The number of halogens is 1. The molecule has 0 fully saturated rings. The minimum Gasteiger partial charge on any atom is -0.480 e. The van der Waals surface area contributed by atoms with E-state index in [2.05, 4.69) is 21.3 Å². The molecule has 0 unspecified atom stereocenters. The topological polar surface area (TPSA) is 180 Å². The molecular weight excluding hydrogens is 346 g/mol. The second kappa shape index (κ2) is 12.1. The third-order valence-electron chi connectivity index (χ3n) is 2.57. The third-order valence-corrected chi connectivity index (χ3v) is 2.57. The lowest BCUT2D eigenvalue weighted by molar-refractivity contribution is -0.138. The molecule has 12 heteroatoms. The van der Waals surface area contributed by atoms with Crippen LogP contribution in [-0.4, -0.2) is 66.4 Å². The lowest BCUT2D eigenvalue weighted by atomic mass is 10.2. The van der Waals surface area contributed by atoms with E-state index in [4.69, 9.17) is 10.8 Å². The smallest absolute Gasteiger partial charge is 0.322 e. The SMILES string of the molecule is C[C@H](NC(=O)CN)C(=O)N[C@H](C)C(=O)NCC(=O)NCC(=O)O.Cl. The minimum absolute atomic E-state index is 0. The van der Waals surface area contributed by atoms with Crippen LogP contribution >= 0.6 is 12.4 Å². The van der Waals surface area contributed by atoms with Gasteiger partial charge < -0.3 is 32.1 Å². The van der Waals surface area contributed by atoms with E-state index in [1.54, 1.807) is 0 Å². The maximum absolute atomic E-state index is 11.7. The summed E-state index contributed by atoms with van der Waals surface area (Å²) >= 11 is 0. The molecule has 0 spiro atoms. The number of carboxylic acid groups (broad SMARTS) is 1. The van der Waals surface area contributed by atoms with Gasteiger partial charge in [-0.25, -0.2) is 0 Å². The first-order valence-electron chi connectivity index (χ1n) is 6.73. The second-order valence-electron chi connectivity index (χ2n) is 4.61. The van der Waals surface area contributed by atoms with Crippen LogP contribution in [0.25, 0.3) is 0 Å². The lowest BCUT2D eigenvalue weighted by Gasteiger charge is -2.18. The number of rotatable bonds is 9. The Morgan fingerprint density at radius 2 is 1.42 bits per heavy atom. The maximum atomic E-state index is 11.7. The van der Waals surface area contributed by atoms with Gasteiger partial charge in [-0.15, -0.1) is 12.4 Å². The molecule has 0 aliphatic rings. The van der Waals surface area contributed by atoms with E-state index in [9.17, 15) is 24.0 Å². The number of nitrogens with one attached hydrogen (secondary N) is 4. The summed E-state index contributed by atoms with van der Waals surface area (Å²) in [5, 5.41) is 17.3. The van der Waals surface area contributed by atoms with Crippen molar-refractivity contribution < 1.29 is 29.1 Å². The van der Waals surface area contributed by atoms with Crippen molar-refractivity contribution in [3.05, 3.63) is 0 Å². The van der Waals surface area contributed by atoms with Crippen molar-refractivity contribution in [2.24, 2.45) is 5.73 Å². The molecule has 2 atom stereocenters. The molecule has 24 heavy (non-hydrogen) atoms. The van der Waals surface area contributed by atoms with Crippen LogP contribution < -0.4 is 27.0 Å². The van der Waals surface area contributed by atoms with Crippen molar-refractivity contribution in [3.63, 3.8) is 0 Å². The average Bonchev–Trinajstić information content (AvgIpc) is 2.49. The molecule has 0 rings (SSSR count). The minimum atomic E-state index is -1.21. The first-order chi connectivity index (χ1) is 10.7. The summed E-state index contributed by atoms with van der Waals surface area (Å²) in [4.78, 5) is 55.9. The van der Waals surface area contributed by atoms with E-state index >= 15 is 0 Å². The van der Waals surface area contributed by atoms with Gasteiger partial charge in [-0.3, -0.25) is 24.0 Å². The summed E-state index contributed by atoms with van der Waals surface area (Å²) in [5.41, 5.74) is 5.10. The molecule has 11 nitrogen and oxygen atoms in total. The fourth-order valence-corrected chi connectivity index (χ4v) is 1.33. The Labute approximate surface area is 144 Å². The predicted octanol–water partition coefficient (Wildman–Crippen LogP) is -3.31. The number of carbonyl (C=O) groups excluding carboxylic acids is 4. The summed E-state index contributed by atoms with van der Waals surface area (Å²) in [7, 11) is 0. The van der Waals surface area contributed by atoms with E-state index in [0.717, 1.165) is 0 Å². The third kappa shape index (κ3) is 10.3. The zero-order chi connectivity index (χ0) is 18.0. The molecule has 4 amide bonds. The Bertz CT molecular complexity index is 487. The van der Waals surface area contributed by atoms with E-state index in [1.807, 2.05) is 0 Å². The molecule has 0 aliphatic carbocycles. The summed E-state index contributed by atoms with van der Waals surface area (Å²) < 4.78 is 0. The normalized spacial score (nSPS) is 12.0. The van der Waals surface area contributed by atoms with Gasteiger partial charge in [-0.2, -0.15) is 0 Å². The fraction of sp³-hybridized carbons (Fsp3) is 0.583. The Hall–Kier alpha value is -2.40. The summed E-state index contributed by atoms with van der Waals surface area (Å²) in [5.74, 6) is -3.63. The highest BCUT2D eigenvalue weighted by atomic mass is 35.5. The molecule has 138 valence electrons. The molecule has 7 N–H and O–H groups in total. The van der Waals surface area contributed by atoms with E-state index in [0.29, 0.717) is 0 Å². The number of amides is 4. The van der Waals surface area contributed by atoms with Crippen LogP contribution in [0, 0.1) is 0 Å². The Morgan fingerprint density at radius 1 is 0.875 bits per heavy atom. The molecule has 0 aliphatic heterocycles. The fourth-order valence-electron chi connectivity index (χ4n) is 1.33. The van der Waals surface area contributed by atoms with E-state index < -0.39 is 54.8 Å². The number of carboxylic acids is 1. The highest BCUT2D eigenvalue weighted by Gasteiger charge is 2.20. The van der Waals surface area contributed by atoms with Gasteiger partial charge >= 0.3 is 5.97 Å². The highest BCUT2D eigenvalue weighted by molar-refractivity contribution is 5.93. The zero-order valence-electron chi connectivity index (χ0n) is 13.3. The summed E-state index contributed by atoms with van der Waals surface area (Å²) in [6.07, 6.45) is 0. The molecular formula is C12H22ClN5O6. The van der Waals surface area contributed by atoms with Crippen molar-refractivity contribution in [3.8, 4) is 0 Å².